The van der Waals surface area contributed by atoms with Gasteiger partial charge in [-0.1, -0.05) is 17.7 Å². The molecule has 0 spiro atoms. The van der Waals surface area contributed by atoms with Crippen molar-refractivity contribution in [1.82, 2.24) is 4.90 Å². The predicted molar refractivity (Wildman–Crippen MR) is 87.1 cm³/mol. The van der Waals surface area contributed by atoms with Crippen molar-refractivity contribution in [1.29, 1.82) is 0 Å². The molecule has 1 saturated heterocycles. The van der Waals surface area contributed by atoms with Crippen molar-refractivity contribution >= 4 is 23.3 Å². The fourth-order valence-corrected chi connectivity index (χ4v) is 3.10. The van der Waals surface area contributed by atoms with Gasteiger partial charge in [-0.15, -0.1) is 0 Å². The van der Waals surface area contributed by atoms with Crippen molar-refractivity contribution in [2.45, 2.75) is 6.54 Å². The molecule has 2 aliphatic rings. The predicted octanol–water partition coefficient (Wildman–Crippen LogP) is 3.65. The van der Waals surface area contributed by atoms with Gasteiger partial charge in [0.05, 0.1) is 0 Å². The summed E-state index contributed by atoms with van der Waals surface area (Å²) in [6.07, 6.45) is 0. The van der Waals surface area contributed by atoms with Gasteiger partial charge in [0.2, 0.25) is 6.79 Å². The third-order valence-corrected chi connectivity index (χ3v) is 4.49. The smallest absolute Gasteiger partial charge is 0.324 e. The van der Waals surface area contributed by atoms with Gasteiger partial charge in [-0.2, -0.15) is 0 Å². The van der Waals surface area contributed by atoms with E-state index in [1.165, 1.54) is 12.1 Å². The summed E-state index contributed by atoms with van der Waals surface area (Å²) in [5.41, 5.74) is 1.48. The second-order valence-electron chi connectivity index (χ2n) is 5.63. The quantitative estimate of drug-likeness (QED) is 0.850. The Morgan fingerprint density at radius 2 is 1.92 bits per heavy atom. The largest absolute Gasteiger partial charge is 0.454 e. The maximum Gasteiger partial charge on any atom is 0.324 e. The average Bonchev–Trinajstić information content (AvgIpc) is 3.16. The van der Waals surface area contributed by atoms with Gasteiger partial charge in [0.25, 0.3) is 0 Å². The number of rotatable bonds is 3. The number of benzene rings is 2. The Balaban J connectivity index is 1.52. The van der Waals surface area contributed by atoms with Crippen LogP contribution in [0, 0.1) is 5.82 Å². The molecule has 0 aromatic heterocycles. The zero-order chi connectivity index (χ0) is 16.7. The summed E-state index contributed by atoms with van der Waals surface area (Å²) < 4.78 is 23.8. The molecule has 124 valence electrons. The van der Waals surface area contributed by atoms with Crippen LogP contribution < -0.4 is 14.4 Å². The maximum atomic E-state index is 13.1. The highest BCUT2D eigenvalue weighted by molar-refractivity contribution is 6.31. The highest BCUT2D eigenvalue weighted by atomic mass is 35.5. The number of carbonyl (C=O) groups is 1. The summed E-state index contributed by atoms with van der Waals surface area (Å²) in [7, 11) is 0. The van der Waals surface area contributed by atoms with Crippen LogP contribution in [0.2, 0.25) is 5.02 Å². The van der Waals surface area contributed by atoms with Gasteiger partial charge in [0.1, 0.15) is 5.82 Å². The number of fused-ring (bicyclic) bond motifs is 1. The SMILES string of the molecule is O=C1N(Cc2ccc(F)cc2Cl)CCN1c1ccc2c(c1)OCO2. The molecule has 0 aliphatic carbocycles. The Morgan fingerprint density at radius 1 is 1.08 bits per heavy atom. The van der Waals surface area contributed by atoms with Crippen molar-refractivity contribution in [3.05, 3.63) is 52.8 Å². The Bertz CT molecular complexity index is 814. The van der Waals surface area contributed by atoms with Crippen LogP contribution >= 0.6 is 11.6 Å². The van der Waals surface area contributed by atoms with E-state index in [0.29, 0.717) is 36.2 Å². The van der Waals surface area contributed by atoms with E-state index in [9.17, 15) is 9.18 Å². The zero-order valence-corrected chi connectivity index (χ0v) is 13.4. The second kappa shape index (κ2) is 5.87. The van der Waals surface area contributed by atoms with E-state index in [2.05, 4.69) is 0 Å². The van der Waals surface area contributed by atoms with Crippen molar-refractivity contribution < 1.29 is 18.7 Å². The minimum absolute atomic E-state index is 0.116. The lowest BCUT2D eigenvalue weighted by Gasteiger charge is -2.19. The number of halogens is 2. The van der Waals surface area contributed by atoms with E-state index in [1.54, 1.807) is 28.0 Å². The van der Waals surface area contributed by atoms with Gasteiger partial charge in [0.15, 0.2) is 11.5 Å². The van der Waals surface area contributed by atoms with Crippen LogP contribution in [0.1, 0.15) is 5.56 Å². The average molecular weight is 349 g/mol. The van der Waals surface area contributed by atoms with E-state index in [-0.39, 0.29) is 12.8 Å². The Hall–Kier alpha value is -2.47. The lowest BCUT2D eigenvalue weighted by atomic mass is 10.2. The lowest BCUT2D eigenvalue weighted by molar-refractivity contribution is 0.174. The number of hydrogen-bond donors (Lipinski definition) is 0. The standard InChI is InChI=1S/C17H14ClFN2O3/c18-14-7-12(19)2-1-11(14)9-20-5-6-21(17(20)22)13-3-4-15-16(8-13)24-10-23-15/h1-4,7-8H,5-6,9-10H2. The second-order valence-corrected chi connectivity index (χ2v) is 6.04. The number of hydrogen-bond acceptors (Lipinski definition) is 3. The van der Waals surface area contributed by atoms with Crippen LogP contribution in [-0.2, 0) is 6.54 Å². The van der Waals surface area contributed by atoms with Crippen molar-refractivity contribution in [3.8, 4) is 11.5 Å². The highest BCUT2D eigenvalue weighted by Crippen LogP contribution is 2.36. The van der Waals surface area contributed by atoms with Gasteiger partial charge < -0.3 is 14.4 Å². The summed E-state index contributed by atoms with van der Waals surface area (Å²) in [6, 6.07) is 9.52. The fourth-order valence-electron chi connectivity index (χ4n) is 2.88. The third kappa shape index (κ3) is 2.63. The number of carbonyl (C=O) groups excluding carboxylic acids is 1. The fraction of sp³-hybridized carbons (Fsp3) is 0.235. The molecule has 0 N–H and O–H groups in total. The van der Waals surface area contributed by atoms with Crippen LogP contribution in [0.15, 0.2) is 36.4 Å². The summed E-state index contributed by atoms with van der Waals surface area (Å²) >= 11 is 6.05. The molecule has 5 nitrogen and oxygen atoms in total. The van der Waals surface area contributed by atoms with Gasteiger partial charge >= 0.3 is 6.03 Å². The van der Waals surface area contributed by atoms with Crippen molar-refractivity contribution in [3.63, 3.8) is 0 Å². The first-order chi connectivity index (χ1) is 11.6. The Kier molecular flexibility index (Phi) is 3.69. The number of ether oxygens (including phenoxy) is 2. The lowest BCUT2D eigenvalue weighted by Crippen LogP contribution is -2.31. The van der Waals surface area contributed by atoms with Crippen LogP contribution in [0.4, 0.5) is 14.9 Å². The molecule has 1 fully saturated rings. The molecule has 7 heteroatoms. The van der Waals surface area contributed by atoms with E-state index in [0.717, 1.165) is 11.3 Å². The van der Waals surface area contributed by atoms with Crippen LogP contribution in [-0.4, -0.2) is 30.8 Å². The normalized spacial score (nSPS) is 16.2. The van der Waals surface area contributed by atoms with E-state index in [1.807, 2.05) is 6.07 Å². The van der Waals surface area contributed by atoms with Gasteiger partial charge in [0, 0.05) is 36.4 Å². The first-order valence-corrected chi connectivity index (χ1v) is 7.89. The molecule has 4 rings (SSSR count). The van der Waals surface area contributed by atoms with Gasteiger partial charge in [-0.25, -0.2) is 9.18 Å². The molecule has 2 heterocycles. The van der Waals surface area contributed by atoms with Crippen LogP contribution in [0.25, 0.3) is 0 Å². The molecule has 0 saturated carbocycles. The summed E-state index contributed by atoms with van der Waals surface area (Å²) in [4.78, 5) is 16.0. The van der Waals surface area contributed by atoms with Gasteiger partial charge in [-0.05, 0) is 29.8 Å². The summed E-state index contributed by atoms with van der Waals surface area (Å²) in [6.45, 7) is 1.68. The highest BCUT2D eigenvalue weighted by Gasteiger charge is 2.31. The van der Waals surface area contributed by atoms with Crippen LogP contribution in [0.5, 0.6) is 11.5 Å². The molecule has 0 unspecified atom stereocenters. The summed E-state index contributed by atoms with van der Waals surface area (Å²) in [5, 5.41) is 0.323. The maximum absolute atomic E-state index is 13.1. The van der Waals surface area contributed by atoms with Crippen molar-refractivity contribution in [2.24, 2.45) is 0 Å². The topological polar surface area (TPSA) is 42.0 Å². The molecule has 2 aromatic rings. The molecule has 24 heavy (non-hydrogen) atoms. The minimum atomic E-state index is -0.390. The zero-order valence-electron chi connectivity index (χ0n) is 12.7. The minimum Gasteiger partial charge on any atom is -0.454 e. The van der Waals surface area contributed by atoms with Crippen LogP contribution in [0.3, 0.4) is 0 Å². The number of nitrogens with zero attached hydrogens (tertiary/aromatic N) is 2. The Morgan fingerprint density at radius 3 is 2.75 bits per heavy atom. The molecule has 0 radical (unpaired) electrons. The van der Waals surface area contributed by atoms with Crippen molar-refractivity contribution in [2.75, 3.05) is 24.8 Å². The molecule has 0 bridgehead atoms. The number of anilines is 1. The monoisotopic (exact) mass is 348 g/mol. The van der Waals surface area contributed by atoms with E-state index >= 15 is 0 Å². The summed E-state index contributed by atoms with van der Waals surface area (Å²) in [5.74, 6) is 0.930. The first-order valence-electron chi connectivity index (χ1n) is 7.52. The molecular weight excluding hydrogens is 335 g/mol. The molecule has 2 aliphatic heterocycles. The molecule has 2 aromatic carbocycles. The van der Waals surface area contributed by atoms with E-state index < -0.39 is 5.82 Å². The number of amides is 2. The molecule has 0 atom stereocenters. The first kappa shape index (κ1) is 15.1. The Labute approximate surface area is 143 Å². The number of urea groups is 1. The van der Waals surface area contributed by atoms with E-state index in [4.69, 9.17) is 21.1 Å². The third-order valence-electron chi connectivity index (χ3n) is 4.14. The molecule has 2 amide bonds. The van der Waals surface area contributed by atoms with Gasteiger partial charge in [-0.3, -0.25) is 4.90 Å². The molecular formula is C17H14ClFN2O3.